The molecule has 80 valence electrons. The van der Waals surface area contributed by atoms with E-state index in [9.17, 15) is 0 Å². The summed E-state index contributed by atoms with van der Waals surface area (Å²) in [6.45, 7) is 0. The summed E-state index contributed by atoms with van der Waals surface area (Å²) in [4.78, 5) is 5.13. The minimum Gasteiger partial charge on any atom is -0.320 e. The summed E-state index contributed by atoms with van der Waals surface area (Å²) < 4.78 is 0. The van der Waals surface area contributed by atoms with Crippen LogP contribution in [0.15, 0.2) is 35.8 Å². The molecule has 0 aliphatic carbocycles. The van der Waals surface area contributed by atoms with Crippen molar-refractivity contribution in [2.24, 2.45) is 5.73 Å². The first-order chi connectivity index (χ1) is 6.77. The molecule has 2 N–H and O–H groups in total. The number of nitrogens with zero attached hydrogens (tertiary/aromatic N) is 1. The van der Waals surface area contributed by atoms with E-state index < -0.39 is 0 Å². The summed E-state index contributed by atoms with van der Waals surface area (Å²) in [5.41, 5.74) is 7.02. The van der Waals surface area contributed by atoms with Crippen LogP contribution in [0.4, 0.5) is 0 Å². The van der Waals surface area contributed by atoms with E-state index in [1.807, 2.05) is 23.6 Å². The van der Waals surface area contributed by atoms with E-state index in [0.717, 1.165) is 10.4 Å². The third-order valence-electron chi connectivity index (χ3n) is 1.96. The van der Waals surface area contributed by atoms with Gasteiger partial charge in [-0.1, -0.05) is 23.7 Å². The van der Waals surface area contributed by atoms with E-state index >= 15 is 0 Å². The molecule has 0 unspecified atom stereocenters. The molecule has 0 radical (unpaired) electrons. The lowest BCUT2D eigenvalue weighted by atomic mass is 10.1. The molecule has 0 fully saturated rings. The van der Waals surface area contributed by atoms with Crippen LogP contribution in [0.3, 0.4) is 0 Å². The molecule has 0 aliphatic heterocycles. The molecule has 5 heteroatoms. The average Bonchev–Trinajstić information content (AvgIpc) is 2.71. The zero-order valence-corrected chi connectivity index (χ0v) is 10.1. The Morgan fingerprint density at radius 3 is 2.67 bits per heavy atom. The van der Waals surface area contributed by atoms with Gasteiger partial charge < -0.3 is 5.73 Å². The zero-order chi connectivity index (χ0) is 9.97. The zero-order valence-electron chi connectivity index (χ0n) is 7.76. The lowest BCUT2D eigenvalue weighted by Gasteiger charge is -2.08. The topological polar surface area (TPSA) is 38.9 Å². The first-order valence-corrected chi connectivity index (χ1v) is 5.43. The number of aromatic nitrogens is 1. The number of hydrogen-bond acceptors (Lipinski definition) is 3. The van der Waals surface area contributed by atoms with Gasteiger partial charge in [0.15, 0.2) is 0 Å². The lowest BCUT2D eigenvalue weighted by molar-refractivity contribution is 0.884. The first kappa shape index (κ1) is 12.5. The molecule has 0 saturated carbocycles. The maximum atomic E-state index is 6.04. The minimum atomic E-state index is -0.0974. The quantitative estimate of drug-likeness (QED) is 0.842. The van der Waals surface area contributed by atoms with Crippen molar-refractivity contribution >= 4 is 35.3 Å². The second kappa shape index (κ2) is 5.47. The molecular formula is C10H10Cl2N2S. The summed E-state index contributed by atoms with van der Waals surface area (Å²) in [7, 11) is 0. The van der Waals surface area contributed by atoms with Gasteiger partial charge in [0.1, 0.15) is 5.15 Å². The standard InChI is InChI=1S/C10H9ClN2S.ClH/c11-9-4-3-7(6-13-9)10(12)8-2-1-5-14-8;/h1-6,10H,12H2;1H/t10-;/m0./s1. The summed E-state index contributed by atoms with van der Waals surface area (Å²) in [6.07, 6.45) is 1.72. The predicted octanol–water partition coefficient (Wildman–Crippen LogP) is 3.27. The number of rotatable bonds is 2. The van der Waals surface area contributed by atoms with Crippen LogP contribution in [-0.2, 0) is 0 Å². The Balaban J connectivity index is 0.00000112. The van der Waals surface area contributed by atoms with Crippen LogP contribution in [0.2, 0.25) is 5.15 Å². The Hall–Kier alpha value is -0.610. The van der Waals surface area contributed by atoms with E-state index in [2.05, 4.69) is 4.98 Å². The molecule has 0 aliphatic rings. The summed E-state index contributed by atoms with van der Waals surface area (Å²) >= 11 is 7.34. The van der Waals surface area contributed by atoms with Crippen molar-refractivity contribution in [3.63, 3.8) is 0 Å². The molecule has 2 heterocycles. The summed E-state index contributed by atoms with van der Waals surface area (Å²) in [5, 5.41) is 2.51. The van der Waals surface area contributed by atoms with Crippen molar-refractivity contribution in [2.45, 2.75) is 6.04 Å². The van der Waals surface area contributed by atoms with Crippen LogP contribution in [0.25, 0.3) is 0 Å². The number of nitrogens with two attached hydrogens (primary N) is 1. The van der Waals surface area contributed by atoms with Crippen LogP contribution in [0, 0.1) is 0 Å². The lowest BCUT2D eigenvalue weighted by Crippen LogP contribution is -2.10. The minimum absolute atomic E-state index is 0. The highest BCUT2D eigenvalue weighted by atomic mass is 35.5. The van der Waals surface area contributed by atoms with Gasteiger partial charge in [-0.15, -0.1) is 23.7 Å². The number of thiophene rings is 1. The third kappa shape index (κ3) is 2.92. The molecule has 15 heavy (non-hydrogen) atoms. The van der Waals surface area contributed by atoms with Gasteiger partial charge in [-0.3, -0.25) is 0 Å². The van der Waals surface area contributed by atoms with Crippen molar-refractivity contribution in [2.75, 3.05) is 0 Å². The normalized spacial score (nSPS) is 11.9. The highest BCUT2D eigenvalue weighted by molar-refractivity contribution is 7.10. The Morgan fingerprint density at radius 1 is 1.33 bits per heavy atom. The Bertz CT molecular complexity index is 400. The number of hydrogen-bond donors (Lipinski definition) is 1. The van der Waals surface area contributed by atoms with Gasteiger partial charge >= 0.3 is 0 Å². The number of pyridine rings is 1. The molecule has 2 nitrogen and oxygen atoms in total. The van der Waals surface area contributed by atoms with Crippen LogP contribution in [-0.4, -0.2) is 4.98 Å². The van der Waals surface area contributed by atoms with Crippen molar-refractivity contribution in [1.29, 1.82) is 0 Å². The monoisotopic (exact) mass is 260 g/mol. The van der Waals surface area contributed by atoms with Crippen LogP contribution < -0.4 is 5.73 Å². The van der Waals surface area contributed by atoms with E-state index in [-0.39, 0.29) is 18.4 Å². The van der Waals surface area contributed by atoms with Crippen LogP contribution in [0.5, 0.6) is 0 Å². The van der Waals surface area contributed by atoms with Gasteiger partial charge in [-0.25, -0.2) is 4.98 Å². The molecule has 0 saturated heterocycles. The number of halogens is 2. The largest absolute Gasteiger partial charge is 0.320 e. The van der Waals surface area contributed by atoms with E-state index in [0.29, 0.717) is 5.15 Å². The summed E-state index contributed by atoms with van der Waals surface area (Å²) in [6, 6.07) is 7.57. The molecule has 0 spiro atoms. The first-order valence-electron chi connectivity index (χ1n) is 4.18. The smallest absolute Gasteiger partial charge is 0.129 e. The Kier molecular flexibility index (Phi) is 4.54. The van der Waals surface area contributed by atoms with Crippen molar-refractivity contribution in [1.82, 2.24) is 4.98 Å². The van der Waals surface area contributed by atoms with Gasteiger partial charge in [0, 0.05) is 11.1 Å². The van der Waals surface area contributed by atoms with E-state index in [1.54, 1.807) is 23.6 Å². The molecular weight excluding hydrogens is 251 g/mol. The highest BCUT2D eigenvalue weighted by Crippen LogP contribution is 2.23. The van der Waals surface area contributed by atoms with Gasteiger partial charge in [0.2, 0.25) is 0 Å². The van der Waals surface area contributed by atoms with Gasteiger partial charge in [0.05, 0.1) is 6.04 Å². The maximum absolute atomic E-state index is 6.04. The van der Waals surface area contributed by atoms with Crippen molar-refractivity contribution < 1.29 is 0 Å². The fraction of sp³-hybridized carbons (Fsp3) is 0.100. The average molecular weight is 261 g/mol. The Labute approximate surface area is 104 Å². The second-order valence-electron chi connectivity index (χ2n) is 2.91. The maximum Gasteiger partial charge on any atom is 0.129 e. The fourth-order valence-electron chi connectivity index (χ4n) is 1.20. The van der Waals surface area contributed by atoms with Crippen LogP contribution >= 0.6 is 35.3 Å². The van der Waals surface area contributed by atoms with E-state index in [1.165, 1.54) is 0 Å². The second-order valence-corrected chi connectivity index (χ2v) is 4.27. The van der Waals surface area contributed by atoms with Crippen molar-refractivity contribution in [3.05, 3.63) is 51.4 Å². The third-order valence-corrected chi connectivity index (χ3v) is 3.14. The van der Waals surface area contributed by atoms with Crippen molar-refractivity contribution in [3.8, 4) is 0 Å². The predicted molar refractivity (Wildman–Crippen MR) is 66.8 cm³/mol. The molecule has 1 atom stereocenters. The van der Waals surface area contributed by atoms with Gasteiger partial charge in [-0.05, 0) is 23.1 Å². The Morgan fingerprint density at radius 2 is 2.13 bits per heavy atom. The fourth-order valence-corrected chi connectivity index (χ4v) is 2.07. The van der Waals surface area contributed by atoms with Gasteiger partial charge in [0.25, 0.3) is 0 Å². The van der Waals surface area contributed by atoms with Gasteiger partial charge in [-0.2, -0.15) is 0 Å². The molecule has 2 aromatic rings. The SMILES string of the molecule is Cl.N[C@@H](c1ccc(Cl)nc1)c1cccs1. The molecule has 2 aromatic heterocycles. The molecule has 0 amide bonds. The van der Waals surface area contributed by atoms with Crippen LogP contribution in [0.1, 0.15) is 16.5 Å². The van der Waals surface area contributed by atoms with E-state index in [4.69, 9.17) is 17.3 Å². The highest BCUT2D eigenvalue weighted by Gasteiger charge is 2.09. The molecule has 0 aromatic carbocycles. The molecule has 2 rings (SSSR count). The molecule has 0 bridgehead atoms. The summed E-state index contributed by atoms with van der Waals surface area (Å²) in [5.74, 6) is 0.